The number of nitrogens with zero attached hydrogens (tertiary/aromatic N) is 2. The monoisotopic (exact) mass is 392 g/mol. The van der Waals surface area contributed by atoms with Crippen molar-refractivity contribution in [2.24, 2.45) is 5.10 Å². The molecule has 0 aliphatic carbocycles. The van der Waals surface area contributed by atoms with E-state index in [9.17, 15) is 0 Å². The Morgan fingerprint density at radius 3 is 2.41 bits per heavy atom. The summed E-state index contributed by atoms with van der Waals surface area (Å²) in [5.74, 6) is 0. The van der Waals surface area contributed by atoms with Gasteiger partial charge in [0.25, 0.3) is 0 Å². The lowest BCUT2D eigenvalue weighted by Crippen LogP contribution is -2.34. The van der Waals surface area contributed by atoms with Gasteiger partial charge in [0.15, 0.2) is 0 Å². The second-order valence-corrected chi connectivity index (χ2v) is 7.60. The number of hydrogen-bond acceptors (Lipinski definition) is 4. The van der Waals surface area contributed by atoms with Gasteiger partial charge in [0.2, 0.25) is 0 Å². The molecule has 0 amide bonds. The van der Waals surface area contributed by atoms with Crippen LogP contribution >= 0.6 is 0 Å². The summed E-state index contributed by atoms with van der Waals surface area (Å²) in [6.45, 7) is 14.5. The first-order valence-electron chi connectivity index (χ1n) is 10.6. The van der Waals surface area contributed by atoms with Crippen LogP contribution in [-0.4, -0.2) is 18.8 Å². The van der Waals surface area contributed by atoms with Gasteiger partial charge in [0.1, 0.15) is 0 Å². The van der Waals surface area contributed by atoms with Crippen molar-refractivity contribution in [3.8, 4) is 0 Å². The molecule has 0 saturated carbocycles. The van der Waals surface area contributed by atoms with Crippen LogP contribution in [0.3, 0.4) is 0 Å². The number of unbranched alkanes of at least 4 members (excludes halogenated alkanes) is 2. The van der Waals surface area contributed by atoms with Gasteiger partial charge in [-0.15, -0.1) is 0 Å². The van der Waals surface area contributed by atoms with E-state index in [2.05, 4.69) is 80.5 Å². The molecule has 156 valence electrons. The molecule has 0 radical (unpaired) electrons. The van der Waals surface area contributed by atoms with Crippen molar-refractivity contribution in [3.63, 3.8) is 0 Å². The zero-order valence-corrected chi connectivity index (χ0v) is 18.5. The Labute approximate surface area is 176 Å². The summed E-state index contributed by atoms with van der Waals surface area (Å²) in [5, 5.41) is 6.79. The maximum atomic E-state index is 4.71. The quantitative estimate of drug-likeness (QED) is 0.450. The molecule has 0 atom stereocenters. The van der Waals surface area contributed by atoms with Crippen LogP contribution in [0.2, 0.25) is 0 Å². The molecule has 2 aromatic rings. The molecule has 1 aliphatic heterocycles. The van der Waals surface area contributed by atoms with Gasteiger partial charge in [0.05, 0.1) is 17.1 Å². The predicted molar refractivity (Wildman–Crippen MR) is 126 cm³/mol. The van der Waals surface area contributed by atoms with E-state index in [4.69, 9.17) is 5.10 Å². The summed E-state index contributed by atoms with van der Waals surface area (Å²) in [6, 6.07) is 16.7. The summed E-state index contributed by atoms with van der Waals surface area (Å²) >= 11 is 0. The third-order valence-corrected chi connectivity index (χ3v) is 4.87. The highest BCUT2D eigenvalue weighted by molar-refractivity contribution is 6.01. The predicted octanol–water partition coefficient (Wildman–Crippen LogP) is 5.66. The van der Waals surface area contributed by atoms with Gasteiger partial charge in [-0.1, -0.05) is 79.9 Å². The lowest BCUT2D eigenvalue weighted by molar-refractivity contribution is 0.569. The van der Waals surface area contributed by atoms with Crippen LogP contribution in [0.5, 0.6) is 0 Å². The van der Waals surface area contributed by atoms with Crippen molar-refractivity contribution in [1.82, 2.24) is 10.9 Å². The van der Waals surface area contributed by atoms with Gasteiger partial charge in [-0.25, -0.2) is 5.43 Å². The van der Waals surface area contributed by atoms with Crippen molar-refractivity contribution >= 4 is 11.4 Å². The molecule has 1 heterocycles. The molecule has 4 nitrogen and oxygen atoms in total. The standard InChI is InChI=1S/C18H28N4.C7H8/c1-5-6-7-11-19-20-16(4)17-10-12-22(21-17)18-9-8-14(2)13-15(18)3;1-7-5-3-2-4-6-7/h8-9,13,19-20H,4-7,10-12H2,1-3H3;2-6H,1H3. The summed E-state index contributed by atoms with van der Waals surface area (Å²) in [5.41, 5.74) is 13.4. The second-order valence-electron chi connectivity index (χ2n) is 7.60. The normalized spacial score (nSPS) is 12.8. The molecule has 4 heteroatoms. The highest BCUT2D eigenvalue weighted by atomic mass is 15.5. The van der Waals surface area contributed by atoms with E-state index in [0.29, 0.717) is 0 Å². The zero-order chi connectivity index (χ0) is 21.1. The van der Waals surface area contributed by atoms with E-state index < -0.39 is 0 Å². The van der Waals surface area contributed by atoms with Crippen LogP contribution in [0.1, 0.15) is 49.3 Å². The average Bonchev–Trinajstić information content (AvgIpc) is 3.19. The molecule has 0 bridgehead atoms. The van der Waals surface area contributed by atoms with Gasteiger partial charge in [0, 0.05) is 19.5 Å². The van der Waals surface area contributed by atoms with Gasteiger partial charge < -0.3 is 5.43 Å². The van der Waals surface area contributed by atoms with Crippen molar-refractivity contribution in [2.75, 3.05) is 18.1 Å². The van der Waals surface area contributed by atoms with Crippen LogP contribution in [0, 0.1) is 20.8 Å². The highest BCUT2D eigenvalue weighted by Crippen LogP contribution is 2.25. The fourth-order valence-corrected chi connectivity index (χ4v) is 3.18. The Morgan fingerprint density at radius 2 is 1.79 bits per heavy atom. The van der Waals surface area contributed by atoms with E-state index in [1.165, 1.54) is 41.6 Å². The van der Waals surface area contributed by atoms with Gasteiger partial charge in [-0.2, -0.15) is 5.10 Å². The number of aryl methyl sites for hydroxylation is 3. The summed E-state index contributed by atoms with van der Waals surface area (Å²) in [6.07, 6.45) is 4.59. The zero-order valence-electron chi connectivity index (χ0n) is 18.5. The Bertz CT molecular complexity index is 796. The summed E-state index contributed by atoms with van der Waals surface area (Å²) < 4.78 is 0. The molecule has 0 aromatic heterocycles. The van der Waals surface area contributed by atoms with Crippen molar-refractivity contribution < 1.29 is 0 Å². The minimum atomic E-state index is 0.878. The lowest BCUT2D eigenvalue weighted by atomic mass is 10.1. The van der Waals surface area contributed by atoms with Gasteiger partial charge in [-0.3, -0.25) is 5.01 Å². The maximum absolute atomic E-state index is 4.71. The van der Waals surface area contributed by atoms with E-state index in [1.807, 2.05) is 18.2 Å². The molecule has 1 aliphatic rings. The topological polar surface area (TPSA) is 39.7 Å². The fraction of sp³-hybridized carbons (Fsp3) is 0.400. The van der Waals surface area contributed by atoms with Crippen molar-refractivity contribution in [1.29, 1.82) is 0 Å². The highest BCUT2D eigenvalue weighted by Gasteiger charge is 2.19. The Hall–Kier alpha value is -2.59. The number of rotatable bonds is 8. The SMILES string of the molecule is C=C(NNCCCCC)C1=NN(c2ccc(C)cc2C)CC1.Cc1ccccc1. The number of nitrogens with one attached hydrogen (secondary N) is 2. The molecule has 0 fully saturated rings. The van der Waals surface area contributed by atoms with Gasteiger partial charge >= 0.3 is 0 Å². The molecule has 2 N–H and O–H groups in total. The maximum Gasteiger partial charge on any atom is 0.0866 e. The van der Waals surface area contributed by atoms with E-state index in [0.717, 1.165) is 30.9 Å². The second kappa shape index (κ2) is 12.1. The van der Waals surface area contributed by atoms with Crippen LogP contribution in [0.15, 0.2) is 65.9 Å². The number of benzene rings is 2. The number of anilines is 1. The Morgan fingerprint density at radius 1 is 1.03 bits per heavy atom. The molecule has 2 aromatic carbocycles. The van der Waals surface area contributed by atoms with E-state index >= 15 is 0 Å². The molecule has 0 saturated heterocycles. The molecule has 29 heavy (non-hydrogen) atoms. The number of allylic oxidation sites excluding steroid dienone is 1. The molecule has 0 spiro atoms. The Balaban J connectivity index is 0.000000360. The van der Waals surface area contributed by atoms with Crippen LogP contribution in [0.4, 0.5) is 5.69 Å². The first-order valence-corrected chi connectivity index (χ1v) is 10.6. The molecule has 3 rings (SSSR count). The average molecular weight is 393 g/mol. The van der Waals surface area contributed by atoms with Crippen molar-refractivity contribution in [3.05, 3.63) is 77.5 Å². The third kappa shape index (κ3) is 7.74. The first-order chi connectivity index (χ1) is 14.0. The fourth-order valence-electron chi connectivity index (χ4n) is 3.18. The van der Waals surface area contributed by atoms with Crippen molar-refractivity contribution in [2.45, 2.75) is 53.4 Å². The minimum absolute atomic E-state index is 0.878. The largest absolute Gasteiger partial charge is 0.320 e. The molecular weight excluding hydrogens is 356 g/mol. The number of hydrogen-bond donors (Lipinski definition) is 2. The first kappa shape index (κ1) is 22.7. The van der Waals surface area contributed by atoms with Crippen LogP contribution < -0.4 is 15.9 Å². The number of hydrazone groups is 1. The summed E-state index contributed by atoms with van der Waals surface area (Å²) in [7, 11) is 0. The number of hydrazine groups is 1. The Kier molecular flexibility index (Phi) is 9.45. The van der Waals surface area contributed by atoms with Crippen LogP contribution in [-0.2, 0) is 0 Å². The smallest absolute Gasteiger partial charge is 0.0866 e. The van der Waals surface area contributed by atoms with E-state index in [-0.39, 0.29) is 0 Å². The van der Waals surface area contributed by atoms with E-state index in [1.54, 1.807) is 0 Å². The minimum Gasteiger partial charge on any atom is -0.320 e. The molecule has 0 unspecified atom stereocenters. The van der Waals surface area contributed by atoms with Gasteiger partial charge in [-0.05, 0) is 38.8 Å². The lowest BCUT2D eigenvalue weighted by Gasteiger charge is -2.16. The third-order valence-electron chi connectivity index (χ3n) is 4.87. The van der Waals surface area contributed by atoms with Crippen LogP contribution in [0.25, 0.3) is 0 Å². The molecular formula is C25H36N4. The summed E-state index contributed by atoms with van der Waals surface area (Å²) in [4.78, 5) is 0.